The summed E-state index contributed by atoms with van der Waals surface area (Å²) in [5, 5.41) is 12.1. The Labute approximate surface area is 138 Å². The van der Waals surface area contributed by atoms with Crippen LogP contribution in [0.4, 0.5) is 5.82 Å². The quantitative estimate of drug-likeness (QED) is 0.830. The fourth-order valence-electron chi connectivity index (χ4n) is 2.19. The number of nitrogens with zero attached hydrogens (tertiary/aromatic N) is 3. The van der Waals surface area contributed by atoms with E-state index in [-0.39, 0.29) is 22.8 Å². The zero-order valence-corrected chi connectivity index (χ0v) is 14.2. The van der Waals surface area contributed by atoms with E-state index < -0.39 is 21.1 Å². The Morgan fingerprint density at radius 1 is 1.12 bits per heavy atom. The normalized spacial score (nSPS) is 11.1. The Morgan fingerprint density at radius 3 is 2.21 bits per heavy atom. The first-order valence-corrected chi connectivity index (χ1v) is 8.79. The van der Waals surface area contributed by atoms with Gasteiger partial charge in [0.2, 0.25) is 0 Å². The average Bonchev–Trinajstić information content (AvgIpc) is 2.54. The molecule has 24 heavy (non-hydrogen) atoms. The lowest BCUT2D eigenvalue weighted by Gasteiger charge is -2.13. The highest BCUT2D eigenvalue weighted by Gasteiger charge is 2.15. The summed E-state index contributed by atoms with van der Waals surface area (Å²) < 4.78 is 24.9. The number of anilines is 1. The van der Waals surface area contributed by atoms with Crippen molar-refractivity contribution in [3.8, 4) is 6.07 Å². The van der Waals surface area contributed by atoms with Crippen molar-refractivity contribution in [2.75, 3.05) is 11.6 Å². The van der Waals surface area contributed by atoms with Crippen LogP contribution in [0.15, 0.2) is 38.8 Å². The maximum atomic E-state index is 12.0. The Bertz CT molecular complexity index is 1040. The van der Waals surface area contributed by atoms with Crippen molar-refractivity contribution >= 4 is 15.7 Å². The highest BCUT2D eigenvalue weighted by atomic mass is 32.2. The van der Waals surface area contributed by atoms with Gasteiger partial charge in [-0.2, -0.15) is 5.26 Å². The molecule has 1 aromatic heterocycles. The van der Waals surface area contributed by atoms with Crippen molar-refractivity contribution in [2.45, 2.75) is 11.4 Å². The van der Waals surface area contributed by atoms with Gasteiger partial charge >= 0.3 is 5.69 Å². The summed E-state index contributed by atoms with van der Waals surface area (Å²) in [4.78, 5) is 24.1. The maximum absolute atomic E-state index is 12.0. The molecule has 0 atom stereocenters. The Morgan fingerprint density at radius 2 is 1.71 bits per heavy atom. The van der Waals surface area contributed by atoms with Gasteiger partial charge in [-0.15, -0.1) is 0 Å². The molecule has 2 aromatic rings. The summed E-state index contributed by atoms with van der Waals surface area (Å²) >= 11 is 0. The Balaban J connectivity index is 2.35. The summed E-state index contributed by atoms with van der Waals surface area (Å²) in [5.74, 6) is 0.123. The zero-order chi connectivity index (χ0) is 18.1. The van der Waals surface area contributed by atoms with E-state index in [1.54, 1.807) is 18.2 Å². The molecule has 0 radical (unpaired) electrons. The molecular weight excluding hydrogens is 332 g/mol. The first kappa shape index (κ1) is 17.5. The van der Waals surface area contributed by atoms with E-state index in [0.717, 1.165) is 16.4 Å². The first-order valence-electron chi connectivity index (χ1n) is 6.89. The molecule has 0 aliphatic carbocycles. The fourth-order valence-corrected chi connectivity index (χ4v) is 2.82. The van der Waals surface area contributed by atoms with Crippen LogP contribution in [0.2, 0.25) is 0 Å². The molecular formula is C15H16N4O4S. The molecule has 0 spiro atoms. The molecule has 0 amide bonds. The molecule has 1 heterocycles. The van der Waals surface area contributed by atoms with E-state index >= 15 is 0 Å². The third-order valence-corrected chi connectivity index (χ3v) is 4.72. The number of nitriles is 1. The van der Waals surface area contributed by atoms with Crippen LogP contribution < -0.4 is 16.6 Å². The van der Waals surface area contributed by atoms with Crippen LogP contribution in [0.5, 0.6) is 0 Å². The van der Waals surface area contributed by atoms with E-state index in [1.165, 1.54) is 30.8 Å². The third-order valence-electron chi connectivity index (χ3n) is 3.59. The molecule has 0 fully saturated rings. The molecule has 0 bridgehead atoms. The van der Waals surface area contributed by atoms with Gasteiger partial charge in [-0.1, -0.05) is 12.1 Å². The minimum absolute atomic E-state index is 0.123. The molecule has 1 N–H and O–H groups in total. The second kappa shape index (κ2) is 6.33. The summed E-state index contributed by atoms with van der Waals surface area (Å²) in [7, 11) is -0.512. The number of nitrogens with one attached hydrogen (secondary N) is 1. The van der Waals surface area contributed by atoms with Gasteiger partial charge in [0, 0.05) is 26.9 Å². The number of sulfone groups is 1. The van der Waals surface area contributed by atoms with E-state index in [9.17, 15) is 23.3 Å². The molecule has 0 saturated heterocycles. The predicted molar refractivity (Wildman–Crippen MR) is 88.5 cm³/mol. The fraction of sp³-hybridized carbons (Fsp3) is 0.267. The molecule has 8 nitrogen and oxygen atoms in total. The average molecular weight is 348 g/mol. The Hall–Kier alpha value is -2.86. The molecule has 0 saturated carbocycles. The van der Waals surface area contributed by atoms with Crippen LogP contribution in [0.25, 0.3) is 0 Å². The van der Waals surface area contributed by atoms with Crippen LogP contribution in [0, 0.1) is 11.3 Å². The minimum atomic E-state index is -3.27. The molecule has 0 aliphatic heterocycles. The lowest BCUT2D eigenvalue weighted by Crippen LogP contribution is -2.39. The van der Waals surface area contributed by atoms with Crippen molar-refractivity contribution in [1.29, 1.82) is 5.26 Å². The lowest BCUT2D eigenvalue weighted by molar-refractivity contribution is 0.602. The topological polar surface area (TPSA) is 114 Å². The van der Waals surface area contributed by atoms with Crippen LogP contribution in [-0.4, -0.2) is 23.8 Å². The van der Waals surface area contributed by atoms with E-state index in [1.807, 2.05) is 0 Å². The summed E-state index contributed by atoms with van der Waals surface area (Å²) in [6.45, 7) is 0.221. The SMILES string of the molecule is Cn1c(NCc2ccc(S(C)(=O)=O)cc2)c(C#N)c(=O)n(C)c1=O. The number of hydrogen-bond donors (Lipinski definition) is 1. The van der Waals surface area contributed by atoms with Gasteiger partial charge in [0.05, 0.1) is 4.90 Å². The van der Waals surface area contributed by atoms with Crippen molar-refractivity contribution in [2.24, 2.45) is 14.1 Å². The largest absolute Gasteiger partial charge is 0.366 e. The van der Waals surface area contributed by atoms with Crippen LogP contribution >= 0.6 is 0 Å². The van der Waals surface area contributed by atoms with Gasteiger partial charge in [0.1, 0.15) is 11.9 Å². The van der Waals surface area contributed by atoms with Gasteiger partial charge < -0.3 is 5.32 Å². The number of rotatable bonds is 4. The number of aromatic nitrogens is 2. The van der Waals surface area contributed by atoms with Gasteiger partial charge in [0.25, 0.3) is 5.56 Å². The van der Waals surface area contributed by atoms with Crippen molar-refractivity contribution in [3.05, 3.63) is 56.2 Å². The zero-order valence-electron chi connectivity index (χ0n) is 13.4. The van der Waals surface area contributed by atoms with Gasteiger partial charge in [0.15, 0.2) is 15.4 Å². The smallest absolute Gasteiger partial charge is 0.332 e. The summed E-state index contributed by atoms with van der Waals surface area (Å²) in [6, 6.07) is 7.99. The summed E-state index contributed by atoms with van der Waals surface area (Å²) in [5.41, 5.74) is -0.642. The first-order chi connectivity index (χ1) is 11.2. The van der Waals surface area contributed by atoms with E-state index in [2.05, 4.69) is 5.32 Å². The Kier molecular flexibility index (Phi) is 4.61. The van der Waals surface area contributed by atoms with Crippen LogP contribution in [0.3, 0.4) is 0 Å². The number of hydrogen-bond acceptors (Lipinski definition) is 6. The van der Waals surface area contributed by atoms with Gasteiger partial charge in [-0.25, -0.2) is 13.2 Å². The van der Waals surface area contributed by atoms with Gasteiger partial charge in [-0.05, 0) is 17.7 Å². The van der Waals surface area contributed by atoms with Crippen molar-refractivity contribution in [1.82, 2.24) is 9.13 Å². The predicted octanol–water partition coefficient (Wildman–Crippen LogP) is -0.0287. The van der Waals surface area contributed by atoms with Crippen LogP contribution in [-0.2, 0) is 30.5 Å². The van der Waals surface area contributed by atoms with Crippen molar-refractivity contribution < 1.29 is 8.42 Å². The number of benzene rings is 1. The van der Waals surface area contributed by atoms with E-state index in [4.69, 9.17) is 0 Å². The van der Waals surface area contributed by atoms with Crippen LogP contribution in [0.1, 0.15) is 11.1 Å². The minimum Gasteiger partial charge on any atom is -0.366 e. The van der Waals surface area contributed by atoms with Crippen molar-refractivity contribution in [3.63, 3.8) is 0 Å². The molecule has 0 aliphatic rings. The lowest BCUT2D eigenvalue weighted by atomic mass is 10.2. The molecule has 0 unspecified atom stereocenters. The second-order valence-electron chi connectivity index (χ2n) is 5.31. The highest BCUT2D eigenvalue weighted by molar-refractivity contribution is 7.90. The monoisotopic (exact) mass is 348 g/mol. The van der Waals surface area contributed by atoms with Gasteiger partial charge in [-0.3, -0.25) is 13.9 Å². The third kappa shape index (κ3) is 3.23. The van der Waals surface area contributed by atoms with E-state index in [0.29, 0.717) is 0 Å². The molecule has 9 heteroatoms. The summed E-state index contributed by atoms with van der Waals surface area (Å²) in [6.07, 6.45) is 1.12. The molecule has 2 rings (SSSR count). The molecule has 1 aromatic carbocycles. The second-order valence-corrected chi connectivity index (χ2v) is 7.33. The highest BCUT2D eigenvalue weighted by Crippen LogP contribution is 2.13. The molecule has 126 valence electrons. The standard InChI is InChI=1S/C15H16N4O4S/c1-18-13(12(8-16)14(20)19(2)15(18)21)17-9-10-4-6-11(7-5-10)24(3,22)23/h4-7,17H,9H2,1-3H3. The maximum Gasteiger partial charge on any atom is 0.332 e.